The molecule has 1 aromatic heterocycles. The van der Waals surface area contributed by atoms with E-state index in [2.05, 4.69) is 17.1 Å². The van der Waals surface area contributed by atoms with Crippen molar-refractivity contribution in [2.75, 3.05) is 6.54 Å². The van der Waals surface area contributed by atoms with Gasteiger partial charge in [0.25, 0.3) is 0 Å². The van der Waals surface area contributed by atoms with Gasteiger partial charge in [0.2, 0.25) is 11.7 Å². The molecule has 0 aliphatic rings. The molecule has 0 bridgehead atoms. The largest absolute Gasteiger partial charge is 0.339 e. The topological polar surface area (TPSA) is 64.9 Å². The van der Waals surface area contributed by atoms with Crippen LogP contribution in [0.4, 0.5) is 4.39 Å². The highest BCUT2D eigenvalue weighted by molar-refractivity contribution is 5.53. The van der Waals surface area contributed by atoms with E-state index in [1.54, 1.807) is 12.1 Å². The highest BCUT2D eigenvalue weighted by Gasteiger charge is 2.10. The molecule has 0 radical (unpaired) electrons. The third-order valence-electron chi connectivity index (χ3n) is 2.80. The second-order valence-electron chi connectivity index (χ2n) is 4.40. The molecule has 0 saturated heterocycles. The number of rotatable bonds is 5. The predicted molar refractivity (Wildman–Crippen MR) is 66.2 cm³/mol. The maximum Gasteiger partial charge on any atom is 0.226 e. The van der Waals surface area contributed by atoms with E-state index in [4.69, 9.17) is 10.3 Å². The SMILES string of the molecule is CC(CN)CCc1nc(-c2cccc(F)c2)no1. The fourth-order valence-corrected chi connectivity index (χ4v) is 1.59. The van der Waals surface area contributed by atoms with Crippen molar-refractivity contribution in [3.05, 3.63) is 36.0 Å². The maximum absolute atomic E-state index is 13.1. The van der Waals surface area contributed by atoms with Crippen molar-refractivity contribution in [1.29, 1.82) is 0 Å². The summed E-state index contributed by atoms with van der Waals surface area (Å²) in [4.78, 5) is 4.24. The smallest absolute Gasteiger partial charge is 0.226 e. The van der Waals surface area contributed by atoms with Gasteiger partial charge in [-0.15, -0.1) is 0 Å². The van der Waals surface area contributed by atoms with E-state index in [0.29, 0.717) is 36.2 Å². The van der Waals surface area contributed by atoms with Crippen LogP contribution in [0.1, 0.15) is 19.2 Å². The number of halogens is 1. The highest BCUT2D eigenvalue weighted by atomic mass is 19.1. The first-order valence-corrected chi connectivity index (χ1v) is 5.97. The Morgan fingerprint density at radius 2 is 2.28 bits per heavy atom. The van der Waals surface area contributed by atoms with Gasteiger partial charge in [0.15, 0.2) is 0 Å². The fourth-order valence-electron chi connectivity index (χ4n) is 1.59. The van der Waals surface area contributed by atoms with Crippen molar-refractivity contribution in [1.82, 2.24) is 10.1 Å². The van der Waals surface area contributed by atoms with Crippen LogP contribution in [0.2, 0.25) is 0 Å². The first-order chi connectivity index (χ1) is 8.69. The minimum Gasteiger partial charge on any atom is -0.339 e. The second kappa shape index (κ2) is 5.73. The van der Waals surface area contributed by atoms with Crippen molar-refractivity contribution >= 4 is 0 Å². The van der Waals surface area contributed by atoms with Crippen LogP contribution in [0, 0.1) is 11.7 Å². The highest BCUT2D eigenvalue weighted by Crippen LogP contribution is 2.17. The Kier molecular flexibility index (Phi) is 4.04. The molecule has 0 spiro atoms. The predicted octanol–water partition coefficient (Wildman–Crippen LogP) is 2.40. The van der Waals surface area contributed by atoms with Crippen LogP contribution in [0.3, 0.4) is 0 Å². The normalized spacial score (nSPS) is 12.6. The standard InChI is InChI=1S/C13H16FN3O/c1-9(8-15)5-6-12-16-13(17-18-12)10-3-2-4-11(14)7-10/h2-4,7,9H,5-6,8,15H2,1H3. The Morgan fingerprint density at radius 3 is 3.00 bits per heavy atom. The first kappa shape index (κ1) is 12.7. The zero-order chi connectivity index (χ0) is 13.0. The van der Waals surface area contributed by atoms with Crippen molar-refractivity contribution in [3.8, 4) is 11.4 Å². The van der Waals surface area contributed by atoms with E-state index in [1.807, 2.05) is 0 Å². The van der Waals surface area contributed by atoms with E-state index in [0.717, 1.165) is 6.42 Å². The molecule has 1 unspecified atom stereocenters. The summed E-state index contributed by atoms with van der Waals surface area (Å²) in [5.41, 5.74) is 6.16. The lowest BCUT2D eigenvalue weighted by atomic mass is 10.1. The number of nitrogens with two attached hydrogens (primary N) is 1. The average Bonchev–Trinajstić information content (AvgIpc) is 2.84. The molecule has 0 fully saturated rings. The first-order valence-electron chi connectivity index (χ1n) is 5.97. The van der Waals surface area contributed by atoms with Crippen LogP contribution in [-0.2, 0) is 6.42 Å². The van der Waals surface area contributed by atoms with Crippen LogP contribution < -0.4 is 5.73 Å². The van der Waals surface area contributed by atoms with Crippen LogP contribution in [-0.4, -0.2) is 16.7 Å². The molecule has 1 atom stereocenters. The summed E-state index contributed by atoms with van der Waals surface area (Å²) in [5, 5.41) is 3.85. The number of aromatic nitrogens is 2. The van der Waals surface area contributed by atoms with Gasteiger partial charge in [-0.1, -0.05) is 24.2 Å². The van der Waals surface area contributed by atoms with E-state index in [-0.39, 0.29) is 5.82 Å². The Hall–Kier alpha value is -1.75. The lowest BCUT2D eigenvalue weighted by Gasteiger charge is -2.03. The molecule has 96 valence electrons. The van der Waals surface area contributed by atoms with Crippen LogP contribution in [0.25, 0.3) is 11.4 Å². The molecule has 2 rings (SSSR count). The number of benzene rings is 1. The quantitative estimate of drug-likeness (QED) is 0.883. The number of hydrogen-bond donors (Lipinski definition) is 1. The molecule has 0 aliphatic heterocycles. The molecular weight excluding hydrogens is 233 g/mol. The molecule has 0 saturated carbocycles. The third-order valence-corrected chi connectivity index (χ3v) is 2.80. The average molecular weight is 249 g/mol. The molecular formula is C13H16FN3O. The van der Waals surface area contributed by atoms with E-state index in [9.17, 15) is 4.39 Å². The molecule has 18 heavy (non-hydrogen) atoms. The fraction of sp³-hybridized carbons (Fsp3) is 0.385. The molecule has 1 heterocycles. The lowest BCUT2D eigenvalue weighted by Crippen LogP contribution is -2.11. The van der Waals surface area contributed by atoms with Gasteiger partial charge in [-0.25, -0.2) is 4.39 Å². The number of aryl methyl sites for hydroxylation is 1. The summed E-state index contributed by atoms with van der Waals surface area (Å²) in [6.07, 6.45) is 1.60. The summed E-state index contributed by atoms with van der Waals surface area (Å²) in [5.74, 6) is 1.10. The van der Waals surface area contributed by atoms with Gasteiger partial charge in [-0.2, -0.15) is 4.98 Å². The maximum atomic E-state index is 13.1. The summed E-state index contributed by atoms with van der Waals surface area (Å²) in [6.45, 7) is 2.72. The minimum atomic E-state index is -0.310. The van der Waals surface area contributed by atoms with Gasteiger partial charge in [-0.3, -0.25) is 0 Å². The molecule has 1 aromatic carbocycles. The van der Waals surface area contributed by atoms with Crippen molar-refractivity contribution in [2.45, 2.75) is 19.8 Å². The molecule has 5 heteroatoms. The summed E-state index contributed by atoms with van der Waals surface area (Å²) < 4.78 is 18.2. The summed E-state index contributed by atoms with van der Waals surface area (Å²) >= 11 is 0. The Labute approximate surface area is 105 Å². The lowest BCUT2D eigenvalue weighted by molar-refractivity contribution is 0.366. The number of hydrogen-bond acceptors (Lipinski definition) is 4. The molecule has 0 amide bonds. The third kappa shape index (κ3) is 3.13. The van der Waals surface area contributed by atoms with Gasteiger partial charge in [-0.05, 0) is 31.0 Å². The molecule has 4 nitrogen and oxygen atoms in total. The van der Waals surface area contributed by atoms with Gasteiger partial charge >= 0.3 is 0 Å². The zero-order valence-electron chi connectivity index (χ0n) is 10.3. The minimum absolute atomic E-state index is 0.310. The van der Waals surface area contributed by atoms with Crippen molar-refractivity contribution in [2.24, 2.45) is 11.7 Å². The van der Waals surface area contributed by atoms with E-state index >= 15 is 0 Å². The zero-order valence-corrected chi connectivity index (χ0v) is 10.3. The summed E-state index contributed by atoms with van der Waals surface area (Å²) in [6, 6.07) is 6.14. The van der Waals surface area contributed by atoms with Gasteiger partial charge in [0.05, 0.1) is 0 Å². The number of nitrogens with zero attached hydrogens (tertiary/aromatic N) is 2. The van der Waals surface area contributed by atoms with Crippen molar-refractivity contribution in [3.63, 3.8) is 0 Å². The Morgan fingerprint density at radius 1 is 1.44 bits per heavy atom. The van der Waals surface area contributed by atoms with E-state index < -0.39 is 0 Å². The van der Waals surface area contributed by atoms with Crippen LogP contribution in [0.15, 0.2) is 28.8 Å². The van der Waals surface area contributed by atoms with Gasteiger partial charge < -0.3 is 10.3 Å². The van der Waals surface area contributed by atoms with Crippen LogP contribution >= 0.6 is 0 Å². The van der Waals surface area contributed by atoms with Crippen LogP contribution in [0.5, 0.6) is 0 Å². The van der Waals surface area contributed by atoms with Gasteiger partial charge in [0, 0.05) is 12.0 Å². The Bertz CT molecular complexity index is 512. The molecule has 2 aromatic rings. The Balaban J connectivity index is 2.06. The van der Waals surface area contributed by atoms with E-state index in [1.165, 1.54) is 12.1 Å². The monoisotopic (exact) mass is 249 g/mol. The molecule has 0 aliphatic carbocycles. The van der Waals surface area contributed by atoms with Gasteiger partial charge in [0.1, 0.15) is 5.82 Å². The summed E-state index contributed by atoms with van der Waals surface area (Å²) in [7, 11) is 0. The van der Waals surface area contributed by atoms with Crippen molar-refractivity contribution < 1.29 is 8.91 Å². The molecule has 2 N–H and O–H groups in total. The second-order valence-corrected chi connectivity index (χ2v) is 4.40.